The van der Waals surface area contributed by atoms with E-state index in [9.17, 15) is 5.21 Å². The molecule has 0 aliphatic heterocycles. The molecule has 2 unspecified atom stereocenters. The molecule has 0 radical (unpaired) electrons. The van der Waals surface area contributed by atoms with Crippen LogP contribution in [0.4, 0.5) is 0 Å². The van der Waals surface area contributed by atoms with E-state index in [2.05, 4.69) is 0 Å². The lowest BCUT2D eigenvalue weighted by Gasteiger charge is -2.20. The van der Waals surface area contributed by atoms with Gasteiger partial charge in [0.25, 0.3) is 0 Å². The van der Waals surface area contributed by atoms with E-state index >= 15 is 0 Å². The van der Waals surface area contributed by atoms with Gasteiger partial charge in [0.2, 0.25) is 0 Å². The molecule has 0 aromatic carbocycles. The Bertz CT molecular complexity index is 74.6. The van der Waals surface area contributed by atoms with Crippen LogP contribution in [0.2, 0.25) is 0 Å². The number of hydrogen-bond donors (Lipinski definition) is 2. The van der Waals surface area contributed by atoms with E-state index in [1.165, 1.54) is 0 Å². The standard InChI is InChI=1S/C3H8N3O/c4-2-1-3(2)6(5)7/h2-3H,1,4-5H2/q-1. The number of nitrogens with two attached hydrogens (primary N) is 2. The SMILES string of the molecule is NC1CC1N(N)[O-]. The van der Waals surface area contributed by atoms with Gasteiger partial charge >= 0.3 is 0 Å². The molecule has 1 saturated carbocycles. The predicted octanol–water partition coefficient (Wildman–Crippen LogP) is -1.24. The smallest absolute Gasteiger partial charge is 0.0273 e. The van der Waals surface area contributed by atoms with E-state index < -0.39 is 0 Å². The van der Waals surface area contributed by atoms with Crippen molar-refractivity contribution in [3.05, 3.63) is 5.21 Å². The molecule has 4 N–H and O–H groups in total. The van der Waals surface area contributed by atoms with Crippen molar-refractivity contribution in [2.24, 2.45) is 11.6 Å². The number of hydrazine groups is 1. The molecule has 1 aliphatic rings. The van der Waals surface area contributed by atoms with Crippen molar-refractivity contribution in [3.63, 3.8) is 0 Å². The van der Waals surface area contributed by atoms with Gasteiger partial charge in [-0.05, 0) is 6.42 Å². The third-order valence-electron chi connectivity index (χ3n) is 1.13. The Morgan fingerprint density at radius 1 is 1.71 bits per heavy atom. The van der Waals surface area contributed by atoms with Crippen molar-refractivity contribution in [3.8, 4) is 0 Å². The van der Waals surface area contributed by atoms with E-state index in [0.717, 1.165) is 6.42 Å². The summed E-state index contributed by atoms with van der Waals surface area (Å²) in [6.07, 6.45) is 0.750. The lowest BCUT2D eigenvalue weighted by Crippen LogP contribution is -2.30. The van der Waals surface area contributed by atoms with Gasteiger partial charge in [0, 0.05) is 12.1 Å². The molecule has 0 amide bonds. The molecule has 0 saturated heterocycles. The summed E-state index contributed by atoms with van der Waals surface area (Å²) in [5.41, 5.74) is 5.25. The zero-order valence-electron chi connectivity index (χ0n) is 3.87. The maximum absolute atomic E-state index is 10.0. The number of rotatable bonds is 1. The molecule has 4 nitrogen and oxygen atoms in total. The highest BCUT2D eigenvalue weighted by molar-refractivity contribution is 4.97. The highest BCUT2D eigenvalue weighted by Crippen LogP contribution is 2.21. The van der Waals surface area contributed by atoms with Crippen LogP contribution in [0.25, 0.3) is 0 Å². The second-order valence-corrected chi connectivity index (χ2v) is 1.83. The van der Waals surface area contributed by atoms with Crippen LogP contribution in [-0.4, -0.2) is 17.3 Å². The summed E-state index contributed by atoms with van der Waals surface area (Å²) in [5.74, 6) is 4.79. The van der Waals surface area contributed by atoms with E-state index in [1.807, 2.05) is 0 Å². The third-order valence-corrected chi connectivity index (χ3v) is 1.13. The summed E-state index contributed by atoms with van der Waals surface area (Å²) >= 11 is 0. The number of hydroxylamine groups is 1. The molecule has 0 spiro atoms. The van der Waals surface area contributed by atoms with Crippen LogP contribution < -0.4 is 11.6 Å². The third kappa shape index (κ3) is 0.889. The quantitative estimate of drug-likeness (QED) is 0.320. The highest BCUT2D eigenvalue weighted by atomic mass is 16.5. The van der Waals surface area contributed by atoms with Gasteiger partial charge in [-0.2, -0.15) is 0 Å². The second-order valence-electron chi connectivity index (χ2n) is 1.83. The molecule has 1 fully saturated rings. The Hall–Kier alpha value is -0.160. The Balaban J connectivity index is 2.20. The van der Waals surface area contributed by atoms with E-state index in [-0.39, 0.29) is 12.1 Å². The minimum atomic E-state index is -0.0972. The average Bonchev–Trinajstić information content (AvgIpc) is 2.17. The summed E-state index contributed by atoms with van der Waals surface area (Å²) in [6, 6.07) is -0.0671. The molecule has 1 rings (SSSR count). The van der Waals surface area contributed by atoms with E-state index in [0.29, 0.717) is 5.17 Å². The Labute approximate surface area is 41.6 Å². The zero-order chi connectivity index (χ0) is 5.44. The van der Waals surface area contributed by atoms with Crippen LogP contribution in [0.1, 0.15) is 6.42 Å². The molecule has 4 heteroatoms. The molecule has 0 bridgehead atoms. The first-order valence-electron chi connectivity index (χ1n) is 2.18. The Morgan fingerprint density at radius 2 is 2.14 bits per heavy atom. The molecule has 42 valence electrons. The summed E-state index contributed by atoms with van der Waals surface area (Å²) in [7, 11) is 0. The van der Waals surface area contributed by atoms with Crippen molar-refractivity contribution in [2.45, 2.75) is 18.5 Å². The van der Waals surface area contributed by atoms with E-state index in [4.69, 9.17) is 11.6 Å². The molecule has 7 heavy (non-hydrogen) atoms. The van der Waals surface area contributed by atoms with Crippen LogP contribution in [0, 0.1) is 5.21 Å². The van der Waals surface area contributed by atoms with Crippen LogP contribution in [0.3, 0.4) is 0 Å². The van der Waals surface area contributed by atoms with Crippen molar-refractivity contribution in [1.29, 1.82) is 0 Å². The fourth-order valence-electron chi connectivity index (χ4n) is 0.493. The summed E-state index contributed by atoms with van der Waals surface area (Å²) in [4.78, 5) is 0. The van der Waals surface area contributed by atoms with Crippen LogP contribution in [-0.2, 0) is 0 Å². The number of nitrogens with zero attached hydrogens (tertiary/aromatic N) is 1. The average molecular weight is 102 g/mol. The van der Waals surface area contributed by atoms with Crippen molar-refractivity contribution < 1.29 is 0 Å². The van der Waals surface area contributed by atoms with Crippen molar-refractivity contribution in [1.82, 2.24) is 5.17 Å². The fraction of sp³-hybridized carbons (Fsp3) is 1.00. The molecule has 1 aliphatic carbocycles. The Kier molecular flexibility index (Phi) is 1.01. The molecular formula is C3H8N3O-. The molecular weight excluding hydrogens is 94.1 g/mol. The Morgan fingerprint density at radius 3 is 2.14 bits per heavy atom. The van der Waals surface area contributed by atoms with Crippen molar-refractivity contribution >= 4 is 0 Å². The van der Waals surface area contributed by atoms with Crippen LogP contribution in [0.5, 0.6) is 0 Å². The minimum Gasteiger partial charge on any atom is -0.772 e. The topological polar surface area (TPSA) is 78.3 Å². The molecule has 0 aromatic rings. The zero-order valence-corrected chi connectivity index (χ0v) is 3.87. The van der Waals surface area contributed by atoms with Crippen molar-refractivity contribution in [2.75, 3.05) is 0 Å². The maximum atomic E-state index is 10.0. The summed E-state index contributed by atoms with van der Waals surface area (Å²) in [5, 5.41) is 10.5. The van der Waals surface area contributed by atoms with Gasteiger partial charge in [-0.3, -0.25) is 5.84 Å². The second kappa shape index (κ2) is 1.41. The molecule has 0 aromatic heterocycles. The number of hydrogen-bond acceptors (Lipinski definition) is 4. The first kappa shape index (κ1) is 4.99. The summed E-state index contributed by atoms with van der Waals surface area (Å²) in [6.45, 7) is 0. The van der Waals surface area contributed by atoms with Gasteiger partial charge in [0.1, 0.15) is 0 Å². The van der Waals surface area contributed by atoms with Crippen LogP contribution in [0.15, 0.2) is 0 Å². The monoisotopic (exact) mass is 102 g/mol. The van der Waals surface area contributed by atoms with Gasteiger partial charge in [-0.1, -0.05) is 0 Å². The largest absolute Gasteiger partial charge is 0.772 e. The lowest BCUT2D eigenvalue weighted by molar-refractivity contribution is 0.378. The van der Waals surface area contributed by atoms with Gasteiger partial charge in [0.15, 0.2) is 0 Å². The predicted molar refractivity (Wildman–Crippen MR) is 25.8 cm³/mol. The van der Waals surface area contributed by atoms with Gasteiger partial charge in [0.05, 0.1) is 0 Å². The lowest BCUT2D eigenvalue weighted by atomic mass is 10.7. The van der Waals surface area contributed by atoms with Gasteiger partial charge < -0.3 is 16.1 Å². The van der Waals surface area contributed by atoms with Gasteiger partial charge in [-0.25, -0.2) is 0 Å². The van der Waals surface area contributed by atoms with E-state index in [1.54, 1.807) is 0 Å². The highest BCUT2D eigenvalue weighted by Gasteiger charge is 2.33. The molecule has 2 atom stereocenters. The maximum Gasteiger partial charge on any atom is 0.0273 e. The first-order valence-corrected chi connectivity index (χ1v) is 2.18. The van der Waals surface area contributed by atoms with Crippen LogP contribution >= 0.6 is 0 Å². The normalized spacial score (nSPS) is 39.4. The summed E-state index contributed by atoms with van der Waals surface area (Å²) < 4.78 is 0. The fourth-order valence-corrected chi connectivity index (χ4v) is 0.493. The minimum absolute atomic E-state index is 0.0301. The molecule has 0 heterocycles. The van der Waals surface area contributed by atoms with Gasteiger partial charge in [-0.15, -0.1) is 0 Å². The first-order chi connectivity index (χ1) is 3.22.